The fourth-order valence-corrected chi connectivity index (χ4v) is 4.99. The number of hydrogen-bond donors (Lipinski definition) is 1. The molecular formula is C20H28N2. The lowest BCUT2D eigenvalue weighted by Crippen LogP contribution is -2.35. The van der Waals surface area contributed by atoms with Gasteiger partial charge in [0.1, 0.15) is 0 Å². The molecule has 3 atom stereocenters. The van der Waals surface area contributed by atoms with Crippen LogP contribution < -0.4 is 0 Å². The summed E-state index contributed by atoms with van der Waals surface area (Å²) in [4.78, 5) is 6.54. The first-order valence-electron chi connectivity index (χ1n) is 9.15. The van der Waals surface area contributed by atoms with Gasteiger partial charge in [-0.2, -0.15) is 0 Å². The summed E-state index contributed by atoms with van der Waals surface area (Å²) >= 11 is 0. The minimum Gasteiger partial charge on any atom is -0.357 e. The van der Waals surface area contributed by atoms with E-state index in [1.54, 1.807) is 5.56 Å². The number of nitrogens with zero attached hydrogens (tertiary/aromatic N) is 1. The van der Waals surface area contributed by atoms with Gasteiger partial charge in [-0.25, -0.2) is 0 Å². The Morgan fingerprint density at radius 3 is 2.73 bits per heavy atom. The monoisotopic (exact) mass is 296 g/mol. The van der Waals surface area contributed by atoms with Crippen LogP contribution in [0.15, 0.2) is 24.3 Å². The summed E-state index contributed by atoms with van der Waals surface area (Å²) in [6.07, 6.45) is 6.62. The highest BCUT2D eigenvalue weighted by atomic mass is 15.2. The van der Waals surface area contributed by atoms with Crippen molar-refractivity contribution in [1.82, 2.24) is 9.88 Å². The van der Waals surface area contributed by atoms with E-state index < -0.39 is 0 Å². The fraction of sp³-hybridized carbons (Fsp3) is 0.600. The first kappa shape index (κ1) is 14.3. The highest BCUT2D eigenvalue weighted by Gasteiger charge is 2.36. The lowest BCUT2D eigenvalue weighted by molar-refractivity contribution is 0.177. The zero-order valence-corrected chi connectivity index (χ0v) is 13.9. The third-order valence-electron chi connectivity index (χ3n) is 6.30. The van der Waals surface area contributed by atoms with E-state index in [-0.39, 0.29) is 0 Å². The molecule has 1 aromatic heterocycles. The molecule has 0 radical (unpaired) electrons. The van der Waals surface area contributed by atoms with Crippen molar-refractivity contribution in [3.63, 3.8) is 0 Å². The van der Waals surface area contributed by atoms with Crippen LogP contribution in [0.25, 0.3) is 10.9 Å². The highest BCUT2D eigenvalue weighted by Crippen LogP contribution is 2.43. The largest absolute Gasteiger partial charge is 0.357 e. The molecule has 22 heavy (non-hydrogen) atoms. The summed E-state index contributed by atoms with van der Waals surface area (Å²) in [5.41, 5.74) is 4.46. The molecule has 1 N–H and O–H groups in total. The predicted molar refractivity (Wildman–Crippen MR) is 93.1 cm³/mol. The lowest BCUT2D eigenvalue weighted by Gasteiger charge is -2.35. The van der Waals surface area contributed by atoms with Gasteiger partial charge in [-0.3, -0.25) is 4.90 Å². The zero-order chi connectivity index (χ0) is 15.1. The lowest BCUT2D eigenvalue weighted by atomic mass is 9.81. The van der Waals surface area contributed by atoms with Crippen LogP contribution in [-0.4, -0.2) is 23.0 Å². The van der Waals surface area contributed by atoms with Crippen molar-refractivity contribution in [1.29, 1.82) is 0 Å². The van der Waals surface area contributed by atoms with Crippen molar-refractivity contribution in [3.8, 4) is 0 Å². The fourth-order valence-electron chi connectivity index (χ4n) is 4.99. The van der Waals surface area contributed by atoms with E-state index in [0.29, 0.717) is 6.04 Å². The van der Waals surface area contributed by atoms with E-state index in [0.717, 1.165) is 11.8 Å². The van der Waals surface area contributed by atoms with Crippen LogP contribution in [0, 0.1) is 11.8 Å². The standard InChI is InChI=1S/C20H28N2/c1-3-14-9-11-22-12-10-17-16-7-5-6-8-18(16)21-20(17)19(22)13-15(14)4-2/h5-8,14-15,19,21H,3-4,9-13H2,1-2H3. The molecule has 1 aromatic carbocycles. The second-order valence-corrected chi connectivity index (χ2v) is 7.23. The van der Waals surface area contributed by atoms with Crippen molar-refractivity contribution >= 4 is 10.9 Å². The van der Waals surface area contributed by atoms with E-state index in [1.807, 2.05) is 0 Å². The molecule has 0 amide bonds. The molecule has 3 unspecified atom stereocenters. The molecule has 2 aromatic rings. The van der Waals surface area contributed by atoms with Crippen LogP contribution >= 0.6 is 0 Å². The van der Waals surface area contributed by atoms with E-state index >= 15 is 0 Å². The molecule has 2 aliphatic heterocycles. The van der Waals surface area contributed by atoms with Crippen molar-refractivity contribution in [2.75, 3.05) is 13.1 Å². The summed E-state index contributed by atoms with van der Waals surface area (Å²) in [5.74, 6) is 1.81. The topological polar surface area (TPSA) is 19.0 Å². The van der Waals surface area contributed by atoms with Gasteiger partial charge in [-0.05, 0) is 49.3 Å². The van der Waals surface area contributed by atoms with Gasteiger partial charge in [0.05, 0.1) is 6.04 Å². The molecule has 3 heterocycles. The molecule has 1 fully saturated rings. The van der Waals surface area contributed by atoms with E-state index in [2.05, 4.69) is 48.0 Å². The third-order valence-corrected chi connectivity index (χ3v) is 6.30. The Balaban J connectivity index is 1.75. The summed E-state index contributed by atoms with van der Waals surface area (Å²) in [5, 5.41) is 1.46. The molecule has 2 heteroatoms. The molecule has 118 valence electrons. The summed E-state index contributed by atoms with van der Waals surface area (Å²) in [6, 6.07) is 9.48. The average Bonchev–Trinajstić information content (AvgIpc) is 2.83. The van der Waals surface area contributed by atoms with Gasteiger partial charge >= 0.3 is 0 Å². The third kappa shape index (κ3) is 2.20. The Morgan fingerprint density at radius 2 is 1.91 bits per heavy atom. The number of aromatic nitrogens is 1. The van der Waals surface area contributed by atoms with Gasteiger partial charge in [-0.1, -0.05) is 44.9 Å². The molecule has 0 spiro atoms. The summed E-state index contributed by atoms with van der Waals surface area (Å²) < 4.78 is 0. The molecule has 4 rings (SSSR count). The molecule has 1 saturated heterocycles. The number of rotatable bonds is 2. The Kier molecular flexibility index (Phi) is 3.73. The van der Waals surface area contributed by atoms with Gasteiger partial charge in [0, 0.05) is 23.1 Å². The normalized spacial score (nSPS) is 29.1. The predicted octanol–water partition coefficient (Wildman–Crippen LogP) is 4.91. The summed E-state index contributed by atoms with van der Waals surface area (Å²) in [7, 11) is 0. The number of benzene rings is 1. The number of para-hydroxylation sites is 1. The molecule has 2 nitrogen and oxygen atoms in total. The van der Waals surface area contributed by atoms with E-state index in [4.69, 9.17) is 0 Å². The van der Waals surface area contributed by atoms with Gasteiger partial charge in [0.2, 0.25) is 0 Å². The zero-order valence-electron chi connectivity index (χ0n) is 13.9. The second-order valence-electron chi connectivity index (χ2n) is 7.23. The van der Waals surface area contributed by atoms with E-state index in [9.17, 15) is 0 Å². The van der Waals surface area contributed by atoms with Gasteiger partial charge in [-0.15, -0.1) is 0 Å². The number of nitrogens with one attached hydrogen (secondary N) is 1. The van der Waals surface area contributed by atoms with Gasteiger partial charge in [0.15, 0.2) is 0 Å². The second kappa shape index (κ2) is 5.73. The van der Waals surface area contributed by atoms with Crippen LogP contribution in [-0.2, 0) is 6.42 Å². The Bertz CT molecular complexity index is 657. The van der Waals surface area contributed by atoms with Gasteiger partial charge in [0.25, 0.3) is 0 Å². The maximum atomic E-state index is 3.78. The van der Waals surface area contributed by atoms with Crippen molar-refractivity contribution in [2.45, 2.75) is 52.0 Å². The Labute approximate surface area is 133 Å². The maximum Gasteiger partial charge on any atom is 0.0504 e. The van der Waals surface area contributed by atoms with Crippen molar-refractivity contribution in [3.05, 3.63) is 35.5 Å². The van der Waals surface area contributed by atoms with Crippen LogP contribution in [0.2, 0.25) is 0 Å². The van der Waals surface area contributed by atoms with Crippen molar-refractivity contribution < 1.29 is 0 Å². The Hall–Kier alpha value is -1.28. The summed E-state index contributed by atoms with van der Waals surface area (Å²) in [6.45, 7) is 7.30. The molecular weight excluding hydrogens is 268 g/mol. The average molecular weight is 296 g/mol. The Morgan fingerprint density at radius 1 is 1.09 bits per heavy atom. The molecule has 0 bridgehead atoms. The first-order chi connectivity index (χ1) is 10.8. The number of fused-ring (bicyclic) bond motifs is 5. The van der Waals surface area contributed by atoms with Crippen molar-refractivity contribution in [2.24, 2.45) is 11.8 Å². The minimum atomic E-state index is 0.623. The molecule has 2 aliphatic rings. The van der Waals surface area contributed by atoms with Gasteiger partial charge < -0.3 is 4.98 Å². The van der Waals surface area contributed by atoms with Crippen LogP contribution in [0.4, 0.5) is 0 Å². The first-order valence-corrected chi connectivity index (χ1v) is 9.15. The number of H-pyrrole nitrogens is 1. The smallest absolute Gasteiger partial charge is 0.0504 e. The minimum absolute atomic E-state index is 0.623. The van der Waals surface area contributed by atoms with E-state index in [1.165, 1.54) is 61.8 Å². The number of aromatic amines is 1. The SMILES string of the molecule is CCC1CCN2CCc3c([nH]c4ccccc34)C2CC1CC. The van der Waals surface area contributed by atoms with Crippen LogP contribution in [0.5, 0.6) is 0 Å². The highest BCUT2D eigenvalue weighted by molar-refractivity contribution is 5.85. The number of hydrogen-bond acceptors (Lipinski definition) is 1. The van der Waals surface area contributed by atoms with Crippen LogP contribution in [0.1, 0.15) is 56.8 Å². The molecule has 0 saturated carbocycles. The quantitative estimate of drug-likeness (QED) is 0.834. The van der Waals surface area contributed by atoms with Crippen LogP contribution in [0.3, 0.4) is 0 Å². The molecule has 0 aliphatic carbocycles. The maximum absolute atomic E-state index is 3.78.